The van der Waals surface area contributed by atoms with Gasteiger partial charge in [-0.15, -0.1) is 0 Å². The van der Waals surface area contributed by atoms with Crippen LogP contribution in [0.4, 0.5) is 4.39 Å². The molecular weight excluding hydrogens is 311 g/mol. The Morgan fingerprint density at radius 1 is 1.45 bits per heavy atom. The Kier molecular flexibility index (Phi) is 5.62. The van der Waals surface area contributed by atoms with Crippen LogP contribution in [0.15, 0.2) is 24.5 Å². The van der Waals surface area contributed by atoms with Crippen LogP contribution in [0.5, 0.6) is 0 Å². The van der Waals surface area contributed by atoms with Crippen LogP contribution in [-0.4, -0.2) is 37.8 Å². The normalized spacial score (nSPS) is 19.2. The molecule has 0 spiro atoms. The summed E-state index contributed by atoms with van der Waals surface area (Å²) in [5.74, 6) is -1.57. The third-order valence-electron chi connectivity index (χ3n) is 3.09. The highest BCUT2D eigenvalue weighted by atomic mass is 32.2. The Morgan fingerprint density at radius 2 is 2.27 bits per heavy atom. The lowest BCUT2D eigenvalue weighted by Gasteiger charge is -2.22. The average molecular weight is 328 g/mol. The number of rotatable bonds is 5. The summed E-state index contributed by atoms with van der Waals surface area (Å²) in [4.78, 5) is 15.2. The van der Waals surface area contributed by atoms with E-state index in [-0.39, 0.29) is 11.9 Å². The van der Waals surface area contributed by atoms with Gasteiger partial charge in [0.2, 0.25) is 10.0 Å². The zero-order valence-corrected chi connectivity index (χ0v) is 12.7. The van der Waals surface area contributed by atoms with Crippen molar-refractivity contribution in [3.63, 3.8) is 0 Å². The summed E-state index contributed by atoms with van der Waals surface area (Å²) in [7, 11) is -3.76. The van der Waals surface area contributed by atoms with Gasteiger partial charge in [-0.3, -0.25) is 9.78 Å². The van der Waals surface area contributed by atoms with Gasteiger partial charge in [0.25, 0.3) is 5.91 Å². The van der Waals surface area contributed by atoms with Gasteiger partial charge >= 0.3 is 0 Å². The predicted molar refractivity (Wildman–Crippen MR) is 78.7 cm³/mol. The van der Waals surface area contributed by atoms with Crippen LogP contribution in [0, 0.1) is 5.82 Å². The van der Waals surface area contributed by atoms with Crippen LogP contribution in [0.3, 0.4) is 0 Å². The van der Waals surface area contributed by atoms with E-state index in [1.165, 1.54) is 18.3 Å². The van der Waals surface area contributed by atoms with Gasteiger partial charge in [0.15, 0.2) is 0 Å². The number of hydrogen-bond acceptors (Lipinski definition) is 5. The van der Waals surface area contributed by atoms with E-state index in [2.05, 4.69) is 4.98 Å². The highest BCUT2D eigenvalue weighted by Gasteiger charge is 2.22. The fourth-order valence-electron chi connectivity index (χ4n) is 2.10. The topological polar surface area (TPSA) is 85.4 Å². The summed E-state index contributed by atoms with van der Waals surface area (Å²) in [6.07, 6.45) is 6.83. The maximum absolute atomic E-state index is 12.9. The second-order valence-corrected chi connectivity index (χ2v) is 6.77. The van der Waals surface area contributed by atoms with E-state index in [9.17, 15) is 17.6 Å². The number of nitrogens with zero attached hydrogens (tertiary/aromatic N) is 1. The standard InChI is InChI=1S/C14H17FN2O4S/c15-12-7-11(8-16-9-12)4-5-14(18)17-22(19,20)10-13-3-1-2-6-21-13/h4-5,7-9,13H,1-3,6,10H2,(H,17,18)/b5-4+. The van der Waals surface area contributed by atoms with Crippen LogP contribution in [0.2, 0.25) is 0 Å². The number of halogens is 1. The number of amides is 1. The zero-order valence-electron chi connectivity index (χ0n) is 11.9. The molecule has 1 aromatic heterocycles. The number of nitrogens with one attached hydrogen (secondary N) is 1. The smallest absolute Gasteiger partial charge is 0.257 e. The van der Waals surface area contributed by atoms with E-state index < -0.39 is 21.7 Å². The molecule has 1 aromatic rings. The second kappa shape index (κ2) is 7.46. The van der Waals surface area contributed by atoms with E-state index in [0.29, 0.717) is 18.6 Å². The monoisotopic (exact) mass is 328 g/mol. The molecule has 1 fully saturated rings. The van der Waals surface area contributed by atoms with Gasteiger partial charge in [-0.2, -0.15) is 0 Å². The molecule has 1 N–H and O–H groups in total. The van der Waals surface area contributed by atoms with Crippen molar-refractivity contribution in [2.24, 2.45) is 0 Å². The third kappa shape index (κ3) is 5.53. The van der Waals surface area contributed by atoms with Crippen molar-refractivity contribution in [1.29, 1.82) is 0 Å². The Bertz CT molecular complexity index is 655. The molecule has 1 aliphatic rings. The van der Waals surface area contributed by atoms with E-state index in [0.717, 1.165) is 25.1 Å². The van der Waals surface area contributed by atoms with Crippen LogP contribution in [0.1, 0.15) is 24.8 Å². The molecule has 120 valence electrons. The molecule has 1 atom stereocenters. The summed E-state index contributed by atoms with van der Waals surface area (Å²) in [6.45, 7) is 0.542. The highest BCUT2D eigenvalue weighted by molar-refractivity contribution is 7.90. The number of ether oxygens (including phenoxy) is 1. The number of pyridine rings is 1. The molecule has 0 aromatic carbocycles. The average Bonchev–Trinajstić information content (AvgIpc) is 2.45. The zero-order chi connectivity index (χ0) is 16.0. The van der Waals surface area contributed by atoms with Crippen molar-refractivity contribution in [2.45, 2.75) is 25.4 Å². The van der Waals surface area contributed by atoms with Gasteiger partial charge in [0, 0.05) is 18.9 Å². The number of aromatic nitrogens is 1. The van der Waals surface area contributed by atoms with E-state index in [4.69, 9.17) is 4.74 Å². The molecule has 1 unspecified atom stereocenters. The van der Waals surface area contributed by atoms with Crippen LogP contribution >= 0.6 is 0 Å². The lowest BCUT2D eigenvalue weighted by molar-refractivity contribution is -0.114. The number of carbonyl (C=O) groups is 1. The minimum absolute atomic E-state index is 0.242. The quantitative estimate of drug-likeness (QED) is 0.822. The van der Waals surface area contributed by atoms with Crippen LogP contribution < -0.4 is 4.72 Å². The molecule has 2 heterocycles. The highest BCUT2D eigenvalue weighted by Crippen LogP contribution is 2.14. The first-order chi connectivity index (χ1) is 10.4. The first-order valence-electron chi connectivity index (χ1n) is 6.89. The molecule has 1 amide bonds. The van der Waals surface area contributed by atoms with E-state index in [1.807, 2.05) is 4.72 Å². The Balaban J connectivity index is 1.89. The third-order valence-corrected chi connectivity index (χ3v) is 4.41. The minimum atomic E-state index is -3.76. The Hall–Kier alpha value is -1.80. The first kappa shape index (κ1) is 16.6. The summed E-state index contributed by atoms with van der Waals surface area (Å²) in [5.41, 5.74) is 0.364. The largest absolute Gasteiger partial charge is 0.377 e. The molecule has 0 aliphatic carbocycles. The van der Waals surface area contributed by atoms with Crippen LogP contribution in [-0.2, 0) is 19.6 Å². The number of sulfonamides is 1. The van der Waals surface area contributed by atoms with Gasteiger partial charge in [0.05, 0.1) is 18.1 Å². The van der Waals surface area contributed by atoms with Gasteiger partial charge in [-0.1, -0.05) is 0 Å². The minimum Gasteiger partial charge on any atom is -0.377 e. The molecule has 1 saturated heterocycles. The lowest BCUT2D eigenvalue weighted by atomic mass is 10.1. The maximum atomic E-state index is 12.9. The SMILES string of the molecule is O=C(/C=C/c1cncc(F)c1)NS(=O)(=O)CC1CCCCO1. The molecule has 0 radical (unpaired) electrons. The van der Waals surface area contributed by atoms with Gasteiger partial charge in [-0.05, 0) is 37.0 Å². The van der Waals surface area contributed by atoms with Gasteiger partial charge in [-0.25, -0.2) is 17.5 Å². The fourth-order valence-corrected chi connectivity index (χ4v) is 3.31. The van der Waals surface area contributed by atoms with E-state index >= 15 is 0 Å². The molecular formula is C14H17FN2O4S. The molecule has 0 bridgehead atoms. The summed E-state index contributed by atoms with van der Waals surface area (Å²) in [6, 6.07) is 1.18. The number of hydrogen-bond donors (Lipinski definition) is 1. The Labute approximate surface area is 128 Å². The Morgan fingerprint density at radius 3 is 2.95 bits per heavy atom. The van der Waals surface area contributed by atoms with Crippen molar-refractivity contribution in [3.05, 3.63) is 35.9 Å². The van der Waals surface area contributed by atoms with Gasteiger partial charge in [0.1, 0.15) is 5.82 Å². The molecule has 1 aliphatic heterocycles. The van der Waals surface area contributed by atoms with Crippen LogP contribution in [0.25, 0.3) is 6.08 Å². The van der Waals surface area contributed by atoms with E-state index in [1.54, 1.807) is 0 Å². The summed E-state index contributed by atoms with van der Waals surface area (Å²) >= 11 is 0. The molecule has 0 saturated carbocycles. The lowest BCUT2D eigenvalue weighted by Crippen LogP contribution is -2.37. The van der Waals surface area contributed by atoms with Crippen molar-refractivity contribution in [3.8, 4) is 0 Å². The number of carbonyl (C=O) groups excluding carboxylic acids is 1. The molecule has 8 heteroatoms. The van der Waals surface area contributed by atoms with Crippen molar-refractivity contribution in [2.75, 3.05) is 12.4 Å². The maximum Gasteiger partial charge on any atom is 0.257 e. The first-order valence-corrected chi connectivity index (χ1v) is 8.54. The summed E-state index contributed by atoms with van der Waals surface area (Å²) in [5, 5.41) is 0. The van der Waals surface area contributed by atoms with Crippen molar-refractivity contribution < 1.29 is 22.3 Å². The molecule has 2 rings (SSSR count). The summed E-state index contributed by atoms with van der Waals surface area (Å²) < 4.78 is 43.9. The molecule has 6 nitrogen and oxygen atoms in total. The van der Waals surface area contributed by atoms with Crippen molar-refractivity contribution >= 4 is 22.0 Å². The predicted octanol–water partition coefficient (Wildman–Crippen LogP) is 1.25. The second-order valence-electron chi connectivity index (χ2n) is 5.01. The fraction of sp³-hybridized carbons (Fsp3) is 0.429. The van der Waals surface area contributed by atoms with Crippen molar-refractivity contribution in [1.82, 2.24) is 9.71 Å². The van der Waals surface area contributed by atoms with Gasteiger partial charge < -0.3 is 4.74 Å². The molecule has 22 heavy (non-hydrogen) atoms.